The molecule has 1 aromatic rings. The van der Waals surface area contributed by atoms with Crippen molar-refractivity contribution in [1.29, 1.82) is 0 Å². The predicted molar refractivity (Wildman–Crippen MR) is 101 cm³/mol. The number of carbonyl (C=O) groups excluding carboxylic acids is 2. The van der Waals surface area contributed by atoms with Gasteiger partial charge in [-0.05, 0) is 24.1 Å². The summed E-state index contributed by atoms with van der Waals surface area (Å²) in [5, 5.41) is 10.7. The molecule has 10 heteroatoms. The third-order valence-corrected chi connectivity index (χ3v) is 4.55. The summed E-state index contributed by atoms with van der Waals surface area (Å²) in [6.45, 7) is 0.616. The van der Waals surface area contributed by atoms with Gasteiger partial charge in [0.25, 0.3) is 5.69 Å². The molecular weight excluding hydrogens is 374 g/mol. The number of hydrogen-bond donors (Lipinski definition) is 1. The minimum absolute atomic E-state index is 0.00933. The second kappa shape index (κ2) is 9.56. The normalized spacial score (nSPS) is 19.0. The van der Waals surface area contributed by atoms with Crippen LogP contribution < -0.4 is 0 Å². The number of thiol groups is 1. The van der Waals surface area contributed by atoms with Crippen molar-refractivity contribution in [3.63, 3.8) is 0 Å². The van der Waals surface area contributed by atoms with Crippen LogP contribution in [0.3, 0.4) is 0 Å². The second-order valence-electron chi connectivity index (χ2n) is 6.48. The van der Waals surface area contributed by atoms with Crippen LogP contribution in [0.4, 0.5) is 10.5 Å². The average molecular weight is 397 g/mol. The van der Waals surface area contributed by atoms with E-state index < -0.39 is 11.0 Å². The first-order valence-corrected chi connectivity index (χ1v) is 8.92. The molecule has 0 saturated carbocycles. The van der Waals surface area contributed by atoms with Crippen molar-refractivity contribution in [3.8, 4) is 0 Å². The molecule has 0 unspecified atom stereocenters. The summed E-state index contributed by atoms with van der Waals surface area (Å²) >= 11 is 4.43. The smallest absolute Gasteiger partial charge is 0.410 e. The van der Waals surface area contributed by atoms with Gasteiger partial charge < -0.3 is 19.3 Å². The Hall–Kier alpha value is -2.33. The standard InChI is InChI=1S/C17H23N3O6S/c1-18(2)16(21)11-25-10-14-7-15(27)8-19(14)17(22)26-9-12-3-5-13(6-4-12)20(23)24/h3-6,14-15,27H,7-11H2,1-2H3/t14-,15-/m0/s1. The summed E-state index contributed by atoms with van der Waals surface area (Å²) in [4.78, 5) is 37.1. The van der Waals surface area contributed by atoms with E-state index in [0.29, 0.717) is 18.5 Å². The van der Waals surface area contributed by atoms with Crippen LogP contribution >= 0.6 is 12.6 Å². The third-order valence-electron chi connectivity index (χ3n) is 4.17. The predicted octanol–water partition coefficient (Wildman–Crippen LogP) is 1.71. The highest BCUT2D eigenvalue weighted by Crippen LogP contribution is 2.23. The van der Waals surface area contributed by atoms with E-state index in [4.69, 9.17) is 9.47 Å². The molecule has 0 spiro atoms. The fourth-order valence-corrected chi connectivity index (χ4v) is 3.05. The SMILES string of the molecule is CN(C)C(=O)COC[C@@H]1C[C@H](S)CN1C(=O)OCc1ccc([N+](=O)[O-])cc1. The Kier molecular flexibility index (Phi) is 7.43. The molecule has 0 aromatic heterocycles. The molecule has 2 atom stereocenters. The monoisotopic (exact) mass is 397 g/mol. The van der Waals surface area contributed by atoms with Gasteiger partial charge in [-0.25, -0.2) is 4.79 Å². The highest BCUT2D eigenvalue weighted by molar-refractivity contribution is 7.81. The maximum atomic E-state index is 12.4. The highest BCUT2D eigenvalue weighted by atomic mass is 32.1. The number of hydrogen-bond acceptors (Lipinski definition) is 7. The fraction of sp³-hybridized carbons (Fsp3) is 0.529. The lowest BCUT2D eigenvalue weighted by Gasteiger charge is -2.24. The van der Waals surface area contributed by atoms with Crippen molar-refractivity contribution in [3.05, 3.63) is 39.9 Å². The van der Waals surface area contributed by atoms with Crippen molar-refractivity contribution < 1.29 is 24.0 Å². The van der Waals surface area contributed by atoms with E-state index in [1.165, 1.54) is 17.0 Å². The summed E-state index contributed by atoms with van der Waals surface area (Å²) in [5.41, 5.74) is 0.631. The number of carbonyl (C=O) groups is 2. The summed E-state index contributed by atoms with van der Waals surface area (Å²) in [5.74, 6) is -0.150. The molecule has 0 bridgehead atoms. The molecule has 1 saturated heterocycles. The molecule has 148 valence electrons. The summed E-state index contributed by atoms with van der Waals surface area (Å²) in [6.07, 6.45) is 0.142. The highest BCUT2D eigenvalue weighted by Gasteiger charge is 2.35. The van der Waals surface area contributed by atoms with E-state index in [-0.39, 0.29) is 42.7 Å². The van der Waals surface area contributed by atoms with Crippen LogP contribution in [0, 0.1) is 10.1 Å². The van der Waals surface area contributed by atoms with Crippen LogP contribution in [0.5, 0.6) is 0 Å². The van der Waals surface area contributed by atoms with Gasteiger partial charge in [0, 0.05) is 38.0 Å². The van der Waals surface area contributed by atoms with Crippen LogP contribution in [0.15, 0.2) is 24.3 Å². The maximum absolute atomic E-state index is 12.4. The van der Waals surface area contributed by atoms with Gasteiger partial charge in [0.2, 0.25) is 5.91 Å². The van der Waals surface area contributed by atoms with Gasteiger partial charge in [0.15, 0.2) is 0 Å². The molecule has 1 aliphatic heterocycles. The van der Waals surface area contributed by atoms with Crippen molar-refractivity contribution >= 4 is 30.3 Å². The maximum Gasteiger partial charge on any atom is 0.410 e. The molecular formula is C17H23N3O6S. The first kappa shape index (κ1) is 21.0. The Labute approximate surface area is 162 Å². The Morgan fingerprint density at radius 3 is 2.59 bits per heavy atom. The van der Waals surface area contributed by atoms with Crippen molar-refractivity contribution in [2.75, 3.05) is 33.9 Å². The molecule has 2 rings (SSSR count). The molecule has 2 amide bonds. The molecule has 0 N–H and O–H groups in total. The Morgan fingerprint density at radius 2 is 2.00 bits per heavy atom. The Morgan fingerprint density at radius 1 is 1.33 bits per heavy atom. The van der Waals surface area contributed by atoms with Crippen molar-refractivity contribution in [1.82, 2.24) is 9.80 Å². The molecule has 27 heavy (non-hydrogen) atoms. The van der Waals surface area contributed by atoms with Gasteiger partial charge in [0.05, 0.1) is 17.6 Å². The number of rotatable bonds is 7. The summed E-state index contributed by atoms with van der Waals surface area (Å²) in [7, 11) is 3.29. The van der Waals surface area contributed by atoms with Gasteiger partial charge in [-0.2, -0.15) is 12.6 Å². The van der Waals surface area contributed by atoms with Crippen LogP contribution in [-0.2, 0) is 20.9 Å². The zero-order valence-corrected chi connectivity index (χ0v) is 16.1. The Bertz CT molecular complexity index is 682. The van der Waals surface area contributed by atoms with Gasteiger partial charge in [-0.15, -0.1) is 0 Å². The van der Waals surface area contributed by atoms with Crippen molar-refractivity contribution in [2.45, 2.75) is 24.3 Å². The van der Waals surface area contributed by atoms with E-state index >= 15 is 0 Å². The van der Waals surface area contributed by atoms with E-state index in [1.54, 1.807) is 31.1 Å². The molecule has 1 aliphatic rings. The van der Waals surface area contributed by atoms with Crippen LogP contribution in [0.1, 0.15) is 12.0 Å². The zero-order chi connectivity index (χ0) is 20.0. The van der Waals surface area contributed by atoms with Crippen molar-refractivity contribution in [2.24, 2.45) is 0 Å². The quantitative estimate of drug-likeness (QED) is 0.427. The van der Waals surface area contributed by atoms with Gasteiger partial charge in [-0.3, -0.25) is 14.9 Å². The van der Waals surface area contributed by atoms with Crippen LogP contribution in [-0.4, -0.2) is 71.9 Å². The van der Waals surface area contributed by atoms with E-state index in [0.717, 1.165) is 0 Å². The largest absolute Gasteiger partial charge is 0.445 e. The van der Waals surface area contributed by atoms with E-state index in [2.05, 4.69) is 12.6 Å². The number of ether oxygens (including phenoxy) is 2. The molecule has 0 aliphatic carbocycles. The first-order chi connectivity index (χ1) is 12.8. The van der Waals surface area contributed by atoms with Gasteiger partial charge in [-0.1, -0.05) is 0 Å². The van der Waals surface area contributed by atoms with Gasteiger partial charge >= 0.3 is 6.09 Å². The molecule has 9 nitrogen and oxygen atoms in total. The molecule has 1 fully saturated rings. The van der Waals surface area contributed by atoms with E-state index in [9.17, 15) is 19.7 Å². The minimum atomic E-state index is -0.502. The third kappa shape index (κ3) is 6.10. The number of nitro benzene ring substituents is 1. The molecule has 1 aromatic carbocycles. The summed E-state index contributed by atoms with van der Waals surface area (Å²) in [6, 6.07) is 5.60. The molecule has 0 radical (unpaired) electrons. The molecule has 1 heterocycles. The Balaban J connectivity index is 1.85. The number of amides is 2. The first-order valence-electron chi connectivity index (χ1n) is 8.40. The van der Waals surface area contributed by atoms with Crippen LogP contribution in [0.2, 0.25) is 0 Å². The van der Waals surface area contributed by atoms with Gasteiger partial charge in [0.1, 0.15) is 13.2 Å². The number of benzene rings is 1. The zero-order valence-electron chi connectivity index (χ0n) is 15.2. The van der Waals surface area contributed by atoms with Crippen LogP contribution in [0.25, 0.3) is 0 Å². The number of likely N-dealkylation sites (N-methyl/N-ethyl adjacent to an activating group) is 1. The number of likely N-dealkylation sites (tertiary alicyclic amines) is 1. The number of nitrogens with zero attached hydrogens (tertiary/aromatic N) is 3. The lowest BCUT2D eigenvalue weighted by molar-refractivity contribution is -0.384. The summed E-state index contributed by atoms with van der Waals surface area (Å²) < 4.78 is 10.7. The number of nitro groups is 1. The lowest BCUT2D eigenvalue weighted by Crippen LogP contribution is -2.39. The van der Waals surface area contributed by atoms with E-state index in [1.807, 2.05) is 0 Å². The fourth-order valence-electron chi connectivity index (χ4n) is 2.63. The topological polar surface area (TPSA) is 102 Å². The minimum Gasteiger partial charge on any atom is -0.445 e. The number of non-ortho nitro benzene ring substituents is 1. The average Bonchev–Trinajstić information content (AvgIpc) is 3.00. The second-order valence-corrected chi connectivity index (χ2v) is 7.21. The lowest BCUT2D eigenvalue weighted by atomic mass is 10.2.